The van der Waals surface area contributed by atoms with Crippen molar-refractivity contribution >= 4 is 0 Å². The largest absolute Gasteiger partial charge is 0.371 e. The Morgan fingerprint density at radius 1 is 0.944 bits per heavy atom. The molecule has 4 rings (SSSR count). The van der Waals surface area contributed by atoms with Crippen LogP contribution in [0.4, 0.5) is 0 Å². The quantitative estimate of drug-likeness (QED) is 0.567. The summed E-state index contributed by atoms with van der Waals surface area (Å²) in [6.45, 7) is 0. The maximum Gasteiger partial charge on any atom is 0.0751 e. The minimum absolute atomic E-state index is 0.283. The lowest BCUT2D eigenvalue weighted by Crippen LogP contribution is -2.52. The van der Waals surface area contributed by atoms with Crippen LogP contribution < -0.4 is 0 Å². The normalized spacial score (nSPS) is 42.2. The van der Waals surface area contributed by atoms with Crippen molar-refractivity contribution in [3.63, 3.8) is 0 Å². The van der Waals surface area contributed by atoms with Crippen LogP contribution in [0.1, 0.15) is 70.6 Å². The second kappa shape index (κ2) is 4.37. The summed E-state index contributed by atoms with van der Waals surface area (Å²) in [5, 5.41) is 0. The van der Waals surface area contributed by atoms with Gasteiger partial charge in [0.05, 0.1) is 11.7 Å². The molecule has 0 amide bonds. The van der Waals surface area contributed by atoms with Crippen molar-refractivity contribution in [2.75, 3.05) is 0 Å². The van der Waals surface area contributed by atoms with E-state index in [1.54, 1.807) is 0 Å². The first kappa shape index (κ1) is 11.5. The SMILES string of the molecule is C1=C2C3CCCC[C@H]3OC3(CCCC3)C2CCC1. The lowest BCUT2D eigenvalue weighted by Gasteiger charge is -2.53. The molecule has 1 heteroatoms. The average Bonchev–Trinajstić information content (AvgIpc) is 2.89. The lowest BCUT2D eigenvalue weighted by atomic mass is 9.64. The molecule has 0 N–H and O–H groups in total. The molecule has 3 fully saturated rings. The molecular formula is C17H26O. The Morgan fingerprint density at radius 2 is 1.78 bits per heavy atom. The molecule has 1 aliphatic heterocycles. The molecule has 0 aromatic heterocycles. The number of rotatable bonds is 0. The van der Waals surface area contributed by atoms with Gasteiger partial charge in [-0.05, 0) is 44.9 Å². The fourth-order valence-electron chi connectivity index (χ4n) is 5.32. The van der Waals surface area contributed by atoms with Crippen molar-refractivity contribution in [2.45, 2.75) is 82.3 Å². The third kappa shape index (κ3) is 1.62. The molecule has 1 heterocycles. The van der Waals surface area contributed by atoms with Gasteiger partial charge >= 0.3 is 0 Å². The van der Waals surface area contributed by atoms with Crippen molar-refractivity contribution in [3.05, 3.63) is 11.6 Å². The molecule has 1 saturated heterocycles. The van der Waals surface area contributed by atoms with E-state index in [-0.39, 0.29) is 5.60 Å². The van der Waals surface area contributed by atoms with E-state index in [9.17, 15) is 0 Å². The van der Waals surface area contributed by atoms with Crippen molar-refractivity contribution in [3.8, 4) is 0 Å². The number of ether oxygens (including phenoxy) is 1. The highest BCUT2D eigenvalue weighted by Crippen LogP contribution is 2.55. The summed E-state index contributed by atoms with van der Waals surface area (Å²) in [5.41, 5.74) is 2.13. The molecule has 4 aliphatic rings. The summed E-state index contributed by atoms with van der Waals surface area (Å²) in [5.74, 6) is 1.60. The van der Waals surface area contributed by atoms with Crippen molar-refractivity contribution in [2.24, 2.45) is 11.8 Å². The molecule has 2 saturated carbocycles. The van der Waals surface area contributed by atoms with Crippen LogP contribution in [-0.2, 0) is 4.74 Å². The van der Waals surface area contributed by atoms with Crippen molar-refractivity contribution < 1.29 is 4.74 Å². The van der Waals surface area contributed by atoms with E-state index in [1.165, 1.54) is 70.6 Å². The molecule has 1 spiro atoms. The molecule has 0 aromatic carbocycles. The highest BCUT2D eigenvalue weighted by Gasteiger charge is 2.52. The molecule has 3 aliphatic carbocycles. The molecule has 0 radical (unpaired) electrons. The van der Waals surface area contributed by atoms with Crippen LogP contribution in [0.25, 0.3) is 0 Å². The predicted octanol–water partition coefficient (Wildman–Crippen LogP) is 4.61. The zero-order valence-electron chi connectivity index (χ0n) is 11.5. The summed E-state index contributed by atoms with van der Waals surface area (Å²) in [7, 11) is 0. The Labute approximate surface area is 111 Å². The van der Waals surface area contributed by atoms with Gasteiger partial charge in [0.25, 0.3) is 0 Å². The minimum atomic E-state index is 0.283. The van der Waals surface area contributed by atoms with E-state index in [1.807, 2.05) is 5.57 Å². The molecular weight excluding hydrogens is 220 g/mol. The number of fused-ring (bicyclic) bond motifs is 4. The van der Waals surface area contributed by atoms with Gasteiger partial charge in [-0.2, -0.15) is 0 Å². The summed E-state index contributed by atoms with van der Waals surface area (Å²) >= 11 is 0. The number of allylic oxidation sites excluding steroid dienone is 1. The zero-order valence-corrected chi connectivity index (χ0v) is 11.5. The average molecular weight is 246 g/mol. The fourth-order valence-corrected chi connectivity index (χ4v) is 5.32. The first-order valence-corrected chi connectivity index (χ1v) is 8.27. The Hall–Kier alpha value is -0.300. The molecule has 18 heavy (non-hydrogen) atoms. The van der Waals surface area contributed by atoms with E-state index in [0.717, 1.165) is 11.8 Å². The first-order chi connectivity index (χ1) is 8.89. The van der Waals surface area contributed by atoms with Gasteiger partial charge in [-0.1, -0.05) is 37.3 Å². The van der Waals surface area contributed by atoms with Crippen LogP contribution in [0, 0.1) is 11.8 Å². The standard InChI is InChI=1S/C17H26O/c1-3-9-15-13(7-1)14-8-2-4-10-16(14)18-17(15)11-5-6-12-17/h7,14-16H,1-6,8-12H2/t14?,15?,16-/m1/s1. The number of hydrogen-bond donors (Lipinski definition) is 0. The van der Waals surface area contributed by atoms with Crippen LogP contribution >= 0.6 is 0 Å². The maximum absolute atomic E-state index is 6.77. The van der Waals surface area contributed by atoms with E-state index >= 15 is 0 Å². The third-order valence-corrected chi connectivity index (χ3v) is 6.08. The third-order valence-electron chi connectivity index (χ3n) is 6.08. The maximum atomic E-state index is 6.77. The van der Waals surface area contributed by atoms with Gasteiger partial charge in [0.1, 0.15) is 0 Å². The fraction of sp³-hybridized carbons (Fsp3) is 0.882. The van der Waals surface area contributed by atoms with Gasteiger partial charge in [-0.15, -0.1) is 0 Å². The molecule has 1 nitrogen and oxygen atoms in total. The molecule has 100 valence electrons. The van der Waals surface area contributed by atoms with Crippen LogP contribution in [0.2, 0.25) is 0 Å². The summed E-state index contributed by atoms with van der Waals surface area (Å²) in [4.78, 5) is 0. The van der Waals surface area contributed by atoms with Gasteiger partial charge < -0.3 is 4.74 Å². The first-order valence-electron chi connectivity index (χ1n) is 8.27. The van der Waals surface area contributed by atoms with E-state index in [0.29, 0.717) is 6.10 Å². The van der Waals surface area contributed by atoms with Gasteiger partial charge in [0.2, 0.25) is 0 Å². The van der Waals surface area contributed by atoms with Crippen LogP contribution in [-0.4, -0.2) is 11.7 Å². The molecule has 0 aromatic rings. The van der Waals surface area contributed by atoms with Gasteiger partial charge in [-0.3, -0.25) is 0 Å². The van der Waals surface area contributed by atoms with E-state index in [4.69, 9.17) is 4.74 Å². The second-order valence-corrected chi connectivity index (χ2v) is 7.01. The smallest absolute Gasteiger partial charge is 0.0751 e. The molecule has 0 bridgehead atoms. The Morgan fingerprint density at radius 3 is 2.67 bits per heavy atom. The van der Waals surface area contributed by atoms with Crippen molar-refractivity contribution in [1.29, 1.82) is 0 Å². The second-order valence-electron chi connectivity index (χ2n) is 7.01. The Balaban J connectivity index is 1.71. The summed E-state index contributed by atoms with van der Waals surface area (Å²) in [6, 6.07) is 0. The van der Waals surface area contributed by atoms with Crippen LogP contribution in [0.3, 0.4) is 0 Å². The van der Waals surface area contributed by atoms with Crippen molar-refractivity contribution in [1.82, 2.24) is 0 Å². The van der Waals surface area contributed by atoms with Gasteiger partial charge in [0, 0.05) is 11.8 Å². The summed E-state index contributed by atoms with van der Waals surface area (Å²) < 4.78 is 6.77. The minimum Gasteiger partial charge on any atom is -0.371 e. The monoisotopic (exact) mass is 246 g/mol. The summed E-state index contributed by atoms with van der Waals surface area (Å²) in [6.07, 6.45) is 18.4. The predicted molar refractivity (Wildman–Crippen MR) is 73.5 cm³/mol. The van der Waals surface area contributed by atoms with Crippen LogP contribution in [0.5, 0.6) is 0 Å². The lowest BCUT2D eigenvalue weighted by molar-refractivity contribution is -0.170. The van der Waals surface area contributed by atoms with Gasteiger partial charge in [0.15, 0.2) is 0 Å². The highest BCUT2D eigenvalue weighted by atomic mass is 16.5. The van der Waals surface area contributed by atoms with Gasteiger partial charge in [-0.25, -0.2) is 0 Å². The Bertz CT molecular complexity index is 351. The molecule has 2 unspecified atom stereocenters. The van der Waals surface area contributed by atoms with E-state index < -0.39 is 0 Å². The van der Waals surface area contributed by atoms with E-state index in [2.05, 4.69) is 6.08 Å². The molecule has 3 atom stereocenters. The highest BCUT2D eigenvalue weighted by molar-refractivity contribution is 5.24. The number of hydrogen-bond acceptors (Lipinski definition) is 1. The Kier molecular flexibility index (Phi) is 2.80. The van der Waals surface area contributed by atoms with Crippen LogP contribution in [0.15, 0.2) is 11.6 Å². The zero-order chi connectivity index (χ0) is 12.0. The topological polar surface area (TPSA) is 9.23 Å².